The van der Waals surface area contributed by atoms with E-state index in [1.54, 1.807) is 0 Å². The van der Waals surface area contributed by atoms with E-state index < -0.39 is 17.8 Å². The van der Waals surface area contributed by atoms with Gasteiger partial charge >= 0.3 is 0 Å². The molecule has 128 valence electrons. The fourth-order valence-electron chi connectivity index (χ4n) is 4.52. The van der Waals surface area contributed by atoms with Gasteiger partial charge in [-0.3, -0.25) is 4.79 Å². The Bertz CT molecular complexity index is 665. The number of carboxylic acids is 1. The number of carbonyl (C=O) groups excluding carboxylic acids is 2. The Morgan fingerprint density at radius 3 is 2.42 bits per heavy atom. The van der Waals surface area contributed by atoms with Gasteiger partial charge in [-0.05, 0) is 55.2 Å². The maximum atomic E-state index is 12.7. The van der Waals surface area contributed by atoms with Gasteiger partial charge in [0.15, 0.2) is 11.5 Å². The monoisotopic (exact) mass is 330 g/mol. The van der Waals surface area contributed by atoms with Crippen molar-refractivity contribution in [3.8, 4) is 11.5 Å². The van der Waals surface area contributed by atoms with Crippen molar-refractivity contribution in [2.45, 2.75) is 32.2 Å². The Morgan fingerprint density at radius 1 is 1.04 bits per heavy atom. The number of ether oxygens (including phenoxy) is 2. The van der Waals surface area contributed by atoms with Crippen LogP contribution in [0.2, 0.25) is 0 Å². The van der Waals surface area contributed by atoms with Crippen LogP contribution in [-0.2, 0) is 16.1 Å². The summed E-state index contributed by atoms with van der Waals surface area (Å²) in [6.45, 7) is 0.562. The lowest BCUT2D eigenvalue weighted by Crippen LogP contribution is -2.54. The standard InChI is InChI=1S/C18H21NO5/c20-17(15-11-2-4-12(5-3-11)16(15)18(21)22)19-8-10-1-6-13-14(7-10)24-9-23-13/h1,6-7,11-12,15-16H,2-5,8-9H2,(H,19,20)(H,21,22)/p-1/t11?,12?,15-,16+/m1/s1. The van der Waals surface area contributed by atoms with Crippen LogP contribution in [0.15, 0.2) is 18.2 Å². The summed E-state index contributed by atoms with van der Waals surface area (Å²) >= 11 is 0. The molecule has 1 aromatic rings. The third-order valence-electron chi connectivity index (χ3n) is 5.70. The number of amides is 1. The molecule has 3 fully saturated rings. The van der Waals surface area contributed by atoms with Gasteiger partial charge in [-0.2, -0.15) is 0 Å². The van der Waals surface area contributed by atoms with Crippen molar-refractivity contribution in [3.05, 3.63) is 23.8 Å². The van der Waals surface area contributed by atoms with Crippen LogP contribution < -0.4 is 19.9 Å². The number of fused-ring (bicyclic) bond motifs is 4. The van der Waals surface area contributed by atoms with Crippen molar-refractivity contribution in [3.63, 3.8) is 0 Å². The second kappa shape index (κ2) is 6.00. The van der Waals surface area contributed by atoms with Crippen LogP contribution in [0.5, 0.6) is 11.5 Å². The highest BCUT2D eigenvalue weighted by atomic mass is 16.7. The van der Waals surface area contributed by atoms with E-state index in [2.05, 4.69) is 5.32 Å². The Kier molecular flexibility index (Phi) is 3.82. The molecular weight excluding hydrogens is 310 g/mol. The van der Waals surface area contributed by atoms with E-state index in [0.717, 1.165) is 31.2 Å². The molecule has 6 nitrogen and oxygen atoms in total. The normalized spacial score (nSPS) is 30.2. The van der Waals surface area contributed by atoms with E-state index in [9.17, 15) is 14.7 Å². The number of benzene rings is 1. The molecule has 4 aliphatic rings. The predicted molar refractivity (Wildman–Crippen MR) is 81.8 cm³/mol. The predicted octanol–water partition coefficient (Wildman–Crippen LogP) is 0.834. The quantitative estimate of drug-likeness (QED) is 0.884. The van der Waals surface area contributed by atoms with Gasteiger partial charge < -0.3 is 24.7 Å². The highest BCUT2D eigenvalue weighted by Crippen LogP contribution is 2.48. The Hall–Kier alpha value is -2.24. The van der Waals surface area contributed by atoms with E-state index in [-0.39, 0.29) is 24.5 Å². The van der Waals surface area contributed by atoms with Crippen molar-refractivity contribution in [2.24, 2.45) is 23.7 Å². The lowest BCUT2D eigenvalue weighted by molar-refractivity contribution is -0.318. The molecule has 1 heterocycles. The zero-order valence-electron chi connectivity index (χ0n) is 13.3. The van der Waals surface area contributed by atoms with Crippen LogP contribution in [0.4, 0.5) is 0 Å². The zero-order chi connectivity index (χ0) is 16.7. The highest BCUT2D eigenvalue weighted by molar-refractivity contribution is 5.85. The van der Waals surface area contributed by atoms with Gasteiger partial charge in [0.1, 0.15) is 0 Å². The molecule has 0 radical (unpaired) electrons. The van der Waals surface area contributed by atoms with Gasteiger partial charge in [-0.25, -0.2) is 0 Å². The lowest BCUT2D eigenvalue weighted by atomic mass is 9.58. The molecule has 0 spiro atoms. The molecule has 3 aliphatic carbocycles. The van der Waals surface area contributed by atoms with Crippen LogP contribution in [-0.4, -0.2) is 18.7 Å². The van der Waals surface area contributed by atoms with Crippen LogP contribution in [0, 0.1) is 23.7 Å². The number of rotatable bonds is 4. The van der Waals surface area contributed by atoms with Crippen LogP contribution in [0.3, 0.4) is 0 Å². The molecule has 6 heteroatoms. The highest BCUT2D eigenvalue weighted by Gasteiger charge is 2.47. The number of hydrogen-bond donors (Lipinski definition) is 1. The molecule has 2 bridgehead atoms. The summed E-state index contributed by atoms with van der Waals surface area (Å²) in [6.07, 6.45) is 3.68. The third kappa shape index (κ3) is 2.60. The van der Waals surface area contributed by atoms with Crippen LogP contribution >= 0.6 is 0 Å². The summed E-state index contributed by atoms with van der Waals surface area (Å²) in [7, 11) is 0. The van der Waals surface area contributed by atoms with E-state index in [1.165, 1.54) is 0 Å². The van der Waals surface area contributed by atoms with Gasteiger partial charge in [0.05, 0.1) is 0 Å². The molecule has 0 aromatic heterocycles. The average molecular weight is 330 g/mol. The maximum absolute atomic E-state index is 12.7. The second-order valence-corrected chi connectivity index (χ2v) is 6.95. The molecule has 3 saturated carbocycles. The molecule has 5 rings (SSSR count). The number of aliphatic carboxylic acids is 1. The minimum Gasteiger partial charge on any atom is -0.550 e. The smallest absolute Gasteiger partial charge is 0.231 e. The molecule has 0 unspecified atom stereocenters. The Labute approximate surface area is 140 Å². The summed E-state index contributed by atoms with van der Waals surface area (Å²) in [5.41, 5.74) is 0.901. The van der Waals surface area contributed by atoms with E-state index in [0.29, 0.717) is 18.0 Å². The zero-order valence-corrected chi connectivity index (χ0v) is 13.3. The van der Waals surface area contributed by atoms with Crippen LogP contribution in [0.25, 0.3) is 0 Å². The van der Waals surface area contributed by atoms with Crippen molar-refractivity contribution in [2.75, 3.05) is 6.79 Å². The van der Waals surface area contributed by atoms with Crippen molar-refractivity contribution in [1.82, 2.24) is 5.32 Å². The fourth-order valence-corrected chi connectivity index (χ4v) is 4.52. The average Bonchev–Trinajstić information content (AvgIpc) is 3.07. The van der Waals surface area contributed by atoms with E-state index in [4.69, 9.17) is 9.47 Å². The maximum Gasteiger partial charge on any atom is 0.231 e. The van der Waals surface area contributed by atoms with Gasteiger partial charge in [0.25, 0.3) is 0 Å². The first-order valence-corrected chi connectivity index (χ1v) is 8.50. The Balaban J connectivity index is 1.44. The minimum absolute atomic E-state index is 0.0845. The number of carbonyl (C=O) groups is 2. The Morgan fingerprint density at radius 2 is 1.71 bits per heavy atom. The summed E-state index contributed by atoms with van der Waals surface area (Å²) < 4.78 is 10.6. The minimum atomic E-state index is -1.08. The first-order chi connectivity index (χ1) is 11.6. The number of carboxylic acid groups (broad SMARTS) is 1. The molecule has 24 heavy (non-hydrogen) atoms. The van der Waals surface area contributed by atoms with Gasteiger partial charge in [0.2, 0.25) is 12.7 Å². The SMILES string of the molecule is O=C(NCc1ccc2c(c1)OCO2)[C@@H]1C2CCC(CC2)[C@@H]1C(=O)[O-]. The number of hydrogen-bond acceptors (Lipinski definition) is 5. The molecule has 1 aliphatic heterocycles. The van der Waals surface area contributed by atoms with Crippen molar-refractivity contribution < 1.29 is 24.2 Å². The van der Waals surface area contributed by atoms with Crippen LogP contribution in [0.1, 0.15) is 31.2 Å². The van der Waals surface area contributed by atoms with E-state index >= 15 is 0 Å². The van der Waals surface area contributed by atoms with Crippen molar-refractivity contribution in [1.29, 1.82) is 0 Å². The summed E-state index contributed by atoms with van der Waals surface area (Å²) in [4.78, 5) is 24.2. The second-order valence-electron chi connectivity index (χ2n) is 6.95. The first-order valence-electron chi connectivity index (χ1n) is 8.50. The fraction of sp³-hybridized carbons (Fsp3) is 0.556. The lowest BCUT2D eigenvalue weighted by Gasteiger charge is -2.48. The first kappa shape index (κ1) is 15.3. The molecule has 1 amide bonds. The summed E-state index contributed by atoms with van der Waals surface area (Å²) in [5.74, 6) is -0.733. The van der Waals surface area contributed by atoms with E-state index in [1.807, 2.05) is 18.2 Å². The molecular formula is C18H20NO5-. The molecule has 2 atom stereocenters. The summed E-state index contributed by atoms with van der Waals surface area (Å²) in [5, 5.41) is 14.4. The molecule has 1 N–H and O–H groups in total. The third-order valence-corrected chi connectivity index (χ3v) is 5.70. The van der Waals surface area contributed by atoms with Gasteiger partial charge in [0, 0.05) is 24.3 Å². The topological polar surface area (TPSA) is 87.7 Å². The number of nitrogens with one attached hydrogen (secondary N) is 1. The van der Waals surface area contributed by atoms with Gasteiger partial charge in [-0.1, -0.05) is 6.07 Å². The molecule has 0 saturated heterocycles. The summed E-state index contributed by atoms with van der Waals surface area (Å²) in [6, 6.07) is 5.53. The van der Waals surface area contributed by atoms with Gasteiger partial charge in [-0.15, -0.1) is 0 Å². The molecule has 1 aromatic carbocycles. The van der Waals surface area contributed by atoms with Crippen molar-refractivity contribution >= 4 is 11.9 Å². The largest absolute Gasteiger partial charge is 0.550 e.